The van der Waals surface area contributed by atoms with Crippen LogP contribution in [0.5, 0.6) is 0 Å². The molecule has 3 aromatic heterocycles. The van der Waals surface area contributed by atoms with E-state index in [1.165, 1.54) is 0 Å². The van der Waals surface area contributed by atoms with Crippen LogP contribution in [0.2, 0.25) is 0 Å². The zero-order chi connectivity index (χ0) is 14.1. The van der Waals surface area contributed by atoms with Gasteiger partial charge in [-0.2, -0.15) is 0 Å². The summed E-state index contributed by atoms with van der Waals surface area (Å²) in [6.07, 6.45) is 1.75. The number of furan rings is 1. The highest BCUT2D eigenvalue weighted by Crippen LogP contribution is 2.23. The van der Waals surface area contributed by atoms with Gasteiger partial charge in [-0.1, -0.05) is 5.21 Å². The molecule has 0 radical (unpaired) electrons. The Labute approximate surface area is 122 Å². The molecule has 0 spiro atoms. The highest BCUT2D eigenvalue weighted by molar-refractivity contribution is 9.10. The van der Waals surface area contributed by atoms with Gasteiger partial charge in [-0.25, -0.2) is 4.68 Å². The lowest BCUT2D eigenvalue weighted by Crippen LogP contribution is -2.05. The molecule has 2 N–H and O–H groups in total. The Hall–Kier alpha value is -2.00. The Bertz CT molecular complexity index is 716. The molecule has 9 heteroatoms. The molecule has 3 heterocycles. The van der Waals surface area contributed by atoms with Gasteiger partial charge in [0.25, 0.3) is 5.89 Å². The number of aromatic nitrogens is 5. The van der Waals surface area contributed by atoms with Crippen LogP contribution in [0.25, 0.3) is 11.7 Å². The van der Waals surface area contributed by atoms with Crippen LogP contribution in [0.3, 0.4) is 0 Å². The van der Waals surface area contributed by atoms with E-state index in [0.717, 1.165) is 0 Å². The van der Waals surface area contributed by atoms with E-state index in [1.807, 2.05) is 6.92 Å². The van der Waals surface area contributed by atoms with Crippen LogP contribution < -0.4 is 5.73 Å². The Morgan fingerprint density at radius 2 is 2.15 bits per heavy atom. The van der Waals surface area contributed by atoms with Gasteiger partial charge in [-0.15, -0.1) is 15.3 Å². The molecular formula is C11H11BrN6O2. The van der Waals surface area contributed by atoms with Crippen molar-refractivity contribution < 1.29 is 8.83 Å². The Kier molecular flexibility index (Phi) is 3.36. The summed E-state index contributed by atoms with van der Waals surface area (Å²) in [5.41, 5.74) is 6.43. The summed E-state index contributed by atoms with van der Waals surface area (Å²) in [6, 6.07) is 3.33. The summed E-state index contributed by atoms with van der Waals surface area (Å²) >= 11 is 3.22. The van der Waals surface area contributed by atoms with Crippen LogP contribution in [0.15, 0.2) is 31.8 Å². The first-order chi connectivity index (χ1) is 9.61. The van der Waals surface area contributed by atoms with E-state index in [1.54, 1.807) is 23.0 Å². The normalized spacial score (nSPS) is 12.8. The minimum Gasteiger partial charge on any atom is -0.444 e. The summed E-state index contributed by atoms with van der Waals surface area (Å²) in [4.78, 5) is 0. The van der Waals surface area contributed by atoms with Crippen LogP contribution in [0.4, 0.5) is 0 Å². The first kappa shape index (κ1) is 13.0. The molecule has 0 aliphatic heterocycles. The second-order valence-electron chi connectivity index (χ2n) is 4.23. The smallest absolute Gasteiger partial charge is 0.283 e. The lowest BCUT2D eigenvalue weighted by Gasteiger charge is -1.96. The van der Waals surface area contributed by atoms with Crippen molar-refractivity contribution in [2.45, 2.75) is 19.5 Å². The zero-order valence-corrected chi connectivity index (χ0v) is 12.1. The zero-order valence-electron chi connectivity index (χ0n) is 10.5. The second kappa shape index (κ2) is 5.17. The van der Waals surface area contributed by atoms with Gasteiger partial charge in [-0.05, 0) is 35.0 Å². The highest BCUT2D eigenvalue weighted by atomic mass is 79.9. The number of nitrogens with two attached hydrogens (primary N) is 1. The Morgan fingerprint density at radius 3 is 2.80 bits per heavy atom. The molecule has 0 amide bonds. The van der Waals surface area contributed by atoms with Crippen LogP contribution >= 0.6 is 15.9 Å². The lowest BCUT2D eigenvalue weighted by molar-refractivity contribution is 0.451. The van der Waals surface area contributed by atoms with Crippen molar-refractivity contribution in [2.75, 3.05) is 0 Å². The largest absolute Gasteiger partial charge is 0.444 e. The summed E-state index contributed by atoms with van der Waals surface area (Å²) in [7, 11) is 0. The molecule has 20 heavy (non-hydrogen) atoms. The van der Waals surface area contributed by atoms with Crippen molar-refractivity contribution in [2.24, 2.45) is 5.73 Å². The first-order valence-electron chi connectivity index (χ1n) is 5.85. The van der Waals surface area contributed by atoms with Crippen molar-refractivity contribution in [3.05, 3.63) is 34.6 Å². The van der Waals surface area contributed by atoms with Crippen molar-refractivity contribution in [3.8, 4) is 11.7 Å². The van der Waals surface area contributed by atoms with Crippen molar-refractivity contribution in [3.63, 3.8) is 0 Å². The minimum absolute atomic E-state index is 0.164. The number of hydrogen-bond acceptors (Lipinski definition) is 7. The molecular weight excluding hydrogens is 328 g/mol. The number of halogens is 1. The third-order valence-corrected chi connectivity index (χ3v) is 3.00. The number of hydrogen-bond donors (Lipinski definition) is 1. The van der Waals surface area contributed by atoms with Gasteiger partial charge < -0.3 is 14.6 Å². The van der Waals surface area contributed by atoms with E-state index in [0.29, 0.717) is 34.4 Å². The standard InChI is InChI=1S/C11H11BrN6O2/c1-6(13)7-4-18(17-14-7)5-10-15-16-11(20-10)8-2-3-9(12)19-8/h2-4,6H,5,13H2,1H3. The van der Waals surface area contributed by atoms with Crippen LogP contribution in [0, 0.1) is 0 Å². The molecule has 0 aliphatic carbocycles. The predicted molar refractivity (Wildman–Crippen MR) is 71.4 cm³/mol. The van der Waals surface area contributed by atoms with Gasteiger partial charge in [0.1, 0.15) is 6.54 Å². The fourth-order valence-electron chi connectivity index (χ4n) is 1.58. The Balaban J connectivity index is 1.76. The van der Waals surface area contributed by atoms with Crippen molar-refractivity contribution >= 4 is 15.9 Å². The van der Waals surface area contributed by atoms with E-state index in [9.17, 15) is 0 Å². The topological polar surface area (TPSA) is 109 Å². The van der Waals surface area contributed by atoms with E-state index in [-0.39, 0.29) is 6.04 Å². The maximum absolute atomic E-state index is 5.72. The molecule has 0 aliphatic rings. The molecule has 0 fully saturated rings. The predicted octanol–water partition coefficient (Wildman–Crippen LogP) is 1.75. The van der Waals surface area contributed by atoms with E-state index < -0.39 is 0 Å². The molecule has 3 aromatic rings. The highest BCUT2D eigenvalue weighted by Gasteiger charge is 2.13. The van der Waals surface area contributed by atoms with Gasteiger partial charge in [0.15, 0.2) is 10.4 Å². The average molecular weight is 339 g/mol. The molecule has 8 nitrogen and oxygen atoms in total. The molecule has 1 unspecified atom stereocenters. The monoisotopic (exact) mass is 338 g/mol. The van der Waals surface area contributed by atoms with Crippen LogP contribution in [-0.2, 0) is 6.54 Å². The molecule has 0 bridgehead atoms. The third kappa shape index (κ3) is 2.63. The Morgan fingerprint density at radius 1 is 1.30 bits per heavy atom. The summed E-state index contributed by atoms with van der Waals surface area (Å²) in [6.45, 7) is 2.17. The minimum atomic E-state index is -0.164. The van der Waals surface area contributed by atoms with E-state index in [4.69, 9.17) is 14.6 Å². The van der Waals surface area contributed by atoms with Crippen LogP contribution in [-0.4, -0.2) is 25.2 Å². The van der Waals surface area contributed by atoms with Gasteiger partial charge in [0, 0.05) is 6.04 Å². The third-order valence-electron chi connectivity index (χ3n) is 2.57. The van der Waals surface area contributed by atoms with Crippen molar-refractivity contribution in [1.82, 2.24) is 25.2 Å². The van der Waals surface area contributed by atoms with E-state index >= 15 is 0 Å². The fraction of sp³-hybridized carbons (Fsp3) is 0.273. The van der Waals surface area contributed by atoms with Gasteiger partial charge in [0.2, 0.25) is 5.89 Å². The summed E-state index contributed by atoms with van der Waals surface area (Å²) in [5.74, 6) is 1.23. The first-order valence-corrected chi connectivity index (χ1v) is 6.65. The molecule has 0 saturated heterocycles. The average Bonchev–Trinajstić information content (AvgIpc) is 3.09. The van der Waals surface area contributed by atoms with Gasteiger partial charge in [0.05, 0.1) is 11.9 Å². The fourth-order valence-corrected chi connectivity index (χ4v) is 1.89. The quantitative estimate of drug-likeness (QED) is 0.771. The van der Waals surface area contributed by atoms with E-state index in [2.05, 4.69) is 36.4 Å². The maximum Gasteiger partial charge on any atom is 0.283 e. The summed E-state index contributed by atoms with van der Waals surface area (Å²) < 4.78 is 13.0. The second-order valence-corrected chi connectivity index (χ2v) is 5.02. The molecule has 1 atom stereocenters. The summed E-state index contributed by atoms with van der Waals surface area (Å²) in [5, 5.41) is 15.8. The maximum atomic E-state index is 5.72. The molecule has 0 saturated carbocycles. The SMILES string of the molecule is CC(N)c1cn(Cc2nnc(-c3ccc(Br)o3)o2)nn1. The molecule has 0 aromatic carbocycles. The molecule has 104 valence electrons. The van der Waals surface area contributed by atoms with Gasteiger partial charge in [-0.3, -0.25) is 0 Å². The number of rotatable bonds is 4. The van der Waals surface area contributed by atoms with Crippen LogP contribution in [0.1, 0.15) is 24.6 Å². The molecule has 3 rings (SSSR count). The van der Waals surface area contributed by atoms with Crippen molar-refractivity contribution in [1.29, 1.82) is 0 Å². The number of nitrogens with zero attached hydrogens (tertiary/aromatic N) is 5. The lowest BCUT2D eigenvalue weighted by atomic mass is 10.3. The van der Waals surface area contributed by atoms with Gasteiger partial charge >= 0.3 is 0 Å².